The second kappa shape index (κ2) is 10.7. The van der Waals surface area contributed by atoms with Crippen LogP contribution in [0, 0.1) is 6.92 Å². The molecule has 0 spiro atoms. The maximum absolute atomic E-state index is 12.4. The third kappa shape index (κ3) is 6.99. The second-order valence-electron chi connectivity index (χ2n) is 6.66. The van der Waals surface area contributed by atoms with Crippen LogP contribution >= 0.6 is 11.3 Å². The van der Waals surface area contributed by atoms with Gasteiger partial charge in [-0.2, -0.15) is 0 Å². The average Bonchev–Trinajstić information content (AvgIpc) is 3.06. The Morgan fingerprint density at radius 2 is 1.66 bits per heavy atom. The van der Waals surface area contributed by atoms with Gasteiger partial charge in [0, 0.05) is 10.6 Å². The summed E-state index contributed by atoms with van der Waals surface area (Å²) < 4.78 is 5.06. The van der Waals surface area contributed by atoms with Crippen LogP contribution in [-0.2, 0) is 20.7 Å². The highest BCUT2D eigenvalue weighted by atomic mass is 32.1. The first-order valence-electron chi connectivity index (χ1n) is 9.47. The quantitative estimate of drug-likeness (QED) is 0.611. The molecule has 0 radical (unpaired) electrons. The Morgan fingerprint density at radius 1 is 1.03 bits per heavy atom. The molecule has 0 fully saturated rings. The molecule has 7 nitrogen and oxygen atoms in total. The summed E-state index contributed by atoms with van der Waals surface area (Å²) in [5.41, 5.74) is 2.18. The fraction of sp³-hybridized carbons (Fsp3) is 0.381. The summed E-state index contributed by atoms with van der Waals surface area (Å²) in [7, 11) is 1.69. The van der Waals surface area contributed by atoms with Crippen LogP contribution in [0.15, 0.2) is 30.3 Å². The number of hydrogen-bond acceptors (Lipinski definition) is 6. The molecule has 29 heavy (non-hydrogen) atoms. The van der Waals surface area contributed by atoms with Gasteiger partial charge in [-0.3, -0.25) is 14.5 Å². The average molecular weight is 418 g/mol. The van der Waals surface area contributed by atoms with E-state index in [4.69, 9.17) is 4.74 Å². The molecule has 2 N–H and O–H groups in total. The lowest BCUT2D eigenvalue weighted by atomic mass is 10.2. The van der Waals surface area contributed by atoms with Gasteiger partial charge in [-0.25, -0.2) is 4.79 Å². The first-order chi connectivity index (χ1) is 13.8. The van der Waals surface area contributed by atoms with E-state index in [1.54, 1.807) is 24.9 Å². The third-order valence-corrected chi connectivity index (χ3v) is 5.24. The molecular weight excluding hydrogens is 390 g/mol. The number of likely N-dealkylation sites (N-methyl/N-ethyl adjacent to an activating group) is 1. The van der Waals surface area contributed by atoms with Crippen molar-refractivity contribution in [2.24, 2.45) is 0 Å². The minimum absolute atomic E-state index is 0.0168. The van der Waals surface area contributed by atoms with Gasteiger partial charge >= 0.3 is 5.97 Å². The number of thiophene rings is 1. The number of anilines is 2. The van der Waals surface area contributed by atoms with E-state index in [2.05, 4.69) is 10.6 Å². The summed E-state index contributed by atoms with van der Waals surface area (Å²) in [6, 6.07) is 9.24. The standard InChI is InChI=1S/C21H27N3O4S/c1-5-16-11-17(21(27)28-6-2)20(29-16)23-19(26)13-24(4)12-18(25)22-15-9-7-14(3)8-10-15/h7-11H,5-6,12-13H2,1-4H3,(H,22,25)(H,23,26). The van der Waals surface area contributed by atoms with Crippen molar-refractivity contribution < 1.29 is 19.1 Å². The van der Waals surface area contributed by atoms with Crippen molar-refractivity contribution in [3.8, 4) is 0 Å². The van der Waals surface area contributed by atoms with Gasteiger partial charge in [0.25, 0.3) is 0 Å². The Bertz CT molecular complexity index is 861. The van der Waals surface area contributed by atoms with Crippen molar-refractivity contribution in [2.45, 2.75) is 27.2 Å². The highest BCUT2D eigenvalue weighted by Crippen LogP contribution is 2.29. The van der Waals surface area contributed by atoms with Crippen molar-refractivity contribution in [3.63, 3.8) is 0 Å². The third-order valence-electron chi connectivity index (χ3n) is 4.04. The SMILES string of the molecule is CCOC(=O)c1cc(CC)sc1NC(=O)CN(C)CC(=O)Nc1ccc(C)cc1. The lowest BCUT2D eigenvalue weighted by molar-refractivity contribution is -0.119. The predicted molar refractivity (Wildman–Crippen MR) is 116 cm³/mol. The van der Waals surface area contributed by atoms with Crippen LogP contribution in [0.5, 0.6) is 0 Å². The predicted octanol–water partition coefficient (Wildman–Crippen LogP) is 3.30. The van der Waals surface area contributed by atoms with E-state index >= 15 is 0 Å². The van der Waals surface area contributed by atoms with Crippen LogP contribution in [0.4, 0.5) is 10.7 Å². The zero-order valence-electron chi connectivity index (χ0n) is 17.2. The minimum atomic E-state index is -0.454. The topological polar surface area (TPSA) is 87.7 Å². The molecule has 0 saturated carbocycles. The van der Waals surface area contributed by atoms with E-state index in [0.29, 0.717) is 16.3 Å². The summed E-state index contributed by atoms with van der Waals surface area (Å²) >= 11 is 1.36. The smallest absolute Gasteiger partial charge is 0.341 e. The lowest BCUT2D eigenvalue weighted by Crippen LogP contribution is -2.36. The number of carbonyl (C=O) groups excluding carboxylic acids is 3. The van der Waals surface area contributed by atoms with E-state index in [1.807, 2.05) is 38.1 Å². The van der Waals surface area contributed by atoms with Crippen LogP contribution in [0.2, 0.25) is 0 Å². The molecule has 1 aromatic carbocycles. The molecule has 0 unspecified atom stereocenters. The fourth-order valence-electron chi connectivity index (χ4n) is 2.62. The number of nitrogens with one attached hydrogen (secondary N) is 2. The molecular formula is C21H27N3O4S. The van der Waals surface area contributed by atoms with Crippen molar-refractivity contribution >= 4 is 39.8 Å². The van der Waals surface area contributed by atoms with E-state index in [0.717, 1.165) is 16.9 Å². The molecule has 2 aromatic rings. The van der Waals surface area contributed by atoms with Gasteiger partial charge in [0.15, 0.2) is 0 Å². The normalized spacial score (nSPS) is 10.7. The number of esters is 1. The van der Waals surface area contributed by atoms with Crippen LogP contribution in [0.3, 0.4) is 0 Å². The van der Waals surface area contributed by atoms with Crippen LogP contribution < -0.4 is 10.6 Å². The monoisotopic (exact) mass is 417 g/mol. The minimum Gasteiger partial charge on any atom is -0.462 e. The van der Waals surface area contributed by atoms with Gasteiger partial charge in [-0.05, 0) is 45.5 Å². The van der Waals surface area contributed by atoms with Crippen molar-refractivity contribution in [3.05, 3.63) is 46.3 Å². The Labute approximate surface area is 175 Å². The number of amides is 2. The number of benzene rings is 1. The van der Waals surface area contributed by atoms with Crippen LogP contribution in [-0.4, -0.2) is 49.4 Å². The van der Waals surface area contributed by atoms with Gasteiger partial charge in [-0.15, -0.1) is 11.3 Å². The molecule has 1 heterocycles. The summed E-state index contributed by atoms with van der Waals surface area (Å²) in [4.78, 5) is 39.3. The van der Waals surface area contributed by atoms with Crippen LogP contribution in [0.25, 0.3) is 0 Å². The zero-order chi connectivity index (χ0) is 21.4. The summed E-state index contributed by atoms with van der Waals surface area (Å²) in [5.74, 6) is -0.962. The number of nitrogens with zero attached hydrogens (tertiary/aromatic N) is 1. The zero-order valence-corrected chi connectivity index (χ0v) is 18.0. The molecule has 0 saturated heterocycles. The Hall–Kier alpha value is -2.71. The second-order valence-corrected chi connectivity index (χ2v) is 7.80. The Morgan fingerprint density at radius 3 is 2.24 bits per heavy atom. The molecule has 0 aliphatic rings. The number of aryl methyl sites for hydroxylation is 2. The molecule has 0 atom stereocenters. The Kier molecular flexibility index (Phi) is 8.35. The number of hydrogen-bond donors (Lipinski definition) is 2. The molecule has 1 aromatic heterocycles. The highest BCUT2D eigenvalue weighted by Gasteiger charge is 2.19. The first kappa shape index (κ1) is 22.6. The maximum Gasteiger partial charge on any atom is 0.341 e. The summed E-state index contributed by atoms with van der Waals surface area (Å²) in [5, 5.41) is 6.05. The van der Waals surface area contributed by atoms with Gasteiger partial charge in [0.05, 0.1) is 25.3 Å². The molecule has 2 amide bonds. The van der Waals surface area contributed by atoms with E-state index in [1.165, 1.54) is 11.3 Å². The molecule has 2 rings (SSSR count). The molecule has 0 aliphatic heterocycles. The number of rotatable bonds is 9. The van der Waals surface area contributed by atoms with E-state index in [-0.39, 0.29) is 31.5 Å². The molecule has 156 valence electrons. The van der Waals surface area contributed by atoms with Crippen molar-refractivity contribution in [1.29, 1.82) is 0 Å². The van der Waals surface area contributed by atoms with E-state index < -0.39 is 5.97 Å². The summed E-state index contributed by atoms with van der Waals surface area (Å²) in [6.07, 6.45) is 0.756. The molecule has 0 bridgehead atoms. The maximum atomic E-state index is 12.4. The van der Waals surface area contributed by atoms with Crippen molar-refractivity contribution in [1.82, 2.24) is 4.90 Å². The lowest BCUT2D eigenvalue weighted by Gasteiger charge is -2.16. The molecule has 0 aliphatic carbocycles. The van der Waals surface area contributed by atoms with Gasteiger partial charge in [0.1, 0.15) is 5.00 Å². The fourth-order valence-corrected chi connectivity index (χ4v) is 3.62. The van der Waals surface area contributed by atoms with Gasteiger partial charge in [-0.1, -0.05) is 24.6 Å². The summed E-state index contributed by atoms with van der Waals surface area (Å²) in [6.45, 7) is 6.04. The van der Waals surface area contributed by atoms with Gasteiger partial charge in [0.2, 0.25) is 11.8 Å². The van der Waals surface area contributed by atoms with Crippen molar-refractivity contribution in [2.75, 3.05) is 37.4 Å². The first-order valence-corrected chi connectivity index (χ1v) is 10.3. The number of ether oxygens (including phenoxy) is 1. The highest BCUT2D eigenvalue weighted by molar-refractivity contribution is 7.16. The Balaban J connectivity index is 1.91. The largest absolute Gasteiger partial charge is 0.462 e. The van der Waals surface area contributed by atoms with Gasteiger partial charge < -0.3 is 15.4 Å². The van der Waals surface area contributed by atoms with Crippen LogP contribution in [0.1, 0.15) is 34.6 Å². The van der Waals surface area contributed by atoms with E-state index in [9.17, 15) is 14.4 Å². The molecule has 8 heteroatoms. The number of carbonyl (C=O) groups is 3.